The molecule has 2 nitrogen and oxygen atoms in total. The largest absolute Gasteiger partial charge is 0.315 e. The summed E-state index contributed by atoms with van der Waals surface area (Å²) in [5, 5.41) is 3.56. The molecule has 1 saturated heterocycles. The van der Waals surface area contributed by atoms with E-state index in [4.69, 9.17) is 0 Å². The third-order valence-corrected chi connectivity index (χ3v) is 6.17. The van der Waals surface area contributed by atoms with Crippen LogP contribution in [0, 0.1) is 5.92 Å². The predicted molar refractivity (Wildman–Crippen MR) is 96.5 cm³/mol. The van der Waals surface area contributed by atoms with Crippen molar-refractivity contribution >= 4 is 11.8 Å². The molecule has 1 aromatic carbocycles. The minimum Gasteiger partial charge on any atom is -0.315 e. The molecule has 0 bridgehead atoms. The van der Waals surface area contributed by atoms with E-state index in [1.54, 1.807) is 0 Å². The molecule has 0 aromatic heterocycles. The van der Waals surface area contributed by atoms with Crippen molar-refractivity contribution in [3.63, 3.8) is 0 Å². The van der Waals surface area contributed by atoms with E-state index in [1.165, 1.54) is 68.6 Å². The summed E-state index contributed by atoms with van der Waals surface area (Å²) in [6.45, 7) is 4.79. The van der Waals surface area contributed by atoms with E-state index >= 15 is 0 Å². The van der Waals surface area contributed by atoms with Gasteiger partial charge in [-0.25, -0.2) is 0 Å². The highest BCUT2D eigenvalue weighted by Gasteiger charge is 2.26. The van der Waals surface area contributed by atoms with Crippen LogP contribution in [0.25, 0.3) is 0 Å². The van der Waals surface area contributed by atoms with Crippen LogP contribution < -0.4 is 5.32 Å². The molecular weight excluding hydrogens is 288 g/mol. The summed E-state index contributed by atoms with van der Waals surface area (Å²) in [6, 6.07) is 9.68. The number of hydrogen-bond acceptors (Lipinski definition) is 3. The smallest absolute Gasteiger partial charge is 0.0248 e. The number of benzene rings is 1. The monoisotopic (exact) mass is 318 g/mol. The van der Waals surface area contributed by atoms with Crippen molar-refractivity contribution in [2.45, 2.75) is 56.0 Å². The van der Waals surface area contributed by atoms with E-state index in [0.29, 0.717) is 0 Å². The van der Waals surface area contributed by atoms with Gasteiger partial charge in [-0.05, 0) is 49.6 Å². The molecule has 0 unspecified atom stereocenters. The zero-order valence-electron chi connectivity index (χ0n) is 13.9. The lowest BCUT2D eigenvalue weighted by molar-refractivity contribution is 0.148. The van der Waals surface area contributed by atoms with Crippen LogP contribution in [0.5, 0.6) is 0 Å². The van der Waals surface area contributed by atoms with Gasteiger partial charge in [0.15, 0.2) is 0 Å². The SMILES string of the molecule is CSc1ccccc1CN(CC1CCCCC1)[C@H]1CCNC1. The highest BCUT2D eigenvalue weighted by Crippen LogP contribution is 2.28. The first-order chi connectivity index (χ1) is 10.9. The second-order valence-corrected chi connectivity index (χ2v) is 7.74. The minimum atomic E-state index is 0.733. The van der Waals surface area contributed by atoms with Crippen LogP contribution in [0.2, 0.25) is 0 Å². The standard InChI is InChI=1S/C19H30N2S/c1-22-19-10-6-5-9-17(19)15-21(18-11-12-20-13-18)14-16-7-3-2-4-8-16/h5-6,9-10,16,18,20H,2-4,7-8,11-15H2,1H3/t18-/m0/s1. The second-order valence-electron chi connectivity index (χ2n) is 6.89. The maximum Gasteiger partial charge on any atom is 0.0248 e. The number of hydrogen-bond donors (Lipinski definition) is 1. The quantitative estimate of drug-likeness (QED) is 0.793. The first kappa shape index (κ1) is 16.4. The fraction of sp³-hybridized carbons (Fsp3) is 0.684. The molecule has 22 heavy (non-hydrogen) atoms. The Morgan fingerprint density at radius 2 is 1.95 bits per heavy atom. The topological polar surface area (TPSA) is 15.3 Å². The van der Waals surface area contributed by atoms with Crippen LogP contribution >= 0.6 is 11.8 Å². The Hall–Kier alpha value is -0.510. The summed E-state index contributed by atoms with van der Waals surface area (Å²) in [6.07, 6.45) is 10.7. The molecule has 2 fully saturated rings. The molecule has 3 heteroatoms. The van der Waals surface area contributed by atoms with E-state index in [-0.39, 0.29) is 0 Å². The van der Waals surface area contributed by atoms with Crippen molar-refractivity contribution in [2.24, 2.45) is 5.92 Å². The Morgan fingerprint density at radius 1 is 1.14 bits per heavy atom. The van der Waals surface area contributed by atoms with Crippen molar-refractivity contribution in [1.82, 2.24) is 10.2 Å². The molecule has 0 radical (unpaired) electrons. The van der Waals surface area contributed by atoms with E-state index in [2.05, 4.69) is 40.7 Å². The number of nitrogens with one attached hydrogen (secondary N) is 1. The first-order valence-corrected chi connectivity index (χ1v) is 10.2. The highest BCUT2D eigenvalue weighted by molar-refractivity contribution is 7.98. The fourth-order valence-electron chi connectivity index (χ4n) is 4.05. The summed E-state index contributed by atoms with van der Waals surface area (Å²) in [5.74, 6) is 0.927. The van der Waals surface area contributed by atoms with Gasteiger partial charge in [-0.15, -0.1) is 11.8 Å². The van der Waals surface area contributed by atoms with Crippen molar-refractivity contribution in [2.75, 3.05) is 25.9 Å². The van der Waals surface area contributed by atoms with Crippen LogP contribution in [-0.2, 0) is 6.54 Å². The lowest BCUT2D eigenvalue weighted by Crippen LogP contribution is -2.40. The Morgan fingerprint density at radius 3 is 2.68 bits per heavy atom. The molecule has 122 valence electrons. The van der Waals surface area contributed by atoms with Gasteiger partial charge in [0.1, 0.15) is 0 Å². The maximum atomic E-state index is 3.56. The maximum absolute atomic E-state index is 3.56. The van der Waals surface area contributed by atoms with Gasteiger partial charge < -0.3 is 5.32 Å². The van der Waals surface area contributed by atoms with Crippen LogP contribution in [0.4, 0.5) is 0 Å². The molecule has 0 spiro atoms. The minimum absolute atomic E-state index is 0.733. The normalized spacial score (nSPS) is 23.3. The first-order valence-electron chi connectivity index (χ1n) is 8.93. The third-order valence-electron chi connectivity index (χ3n) is 5.33. The molecular formula is C19H30N2S. The number of nitrogens with zero attached hydrogens (tertiary/aromatic N) is 1. The van der Waals surface area contributed by atoms with E-state index < -0.39 is 0 Å². The molecule has 1 aromatic rings. The fourth-order valence-corrected chi connectivity index (χ4v) is 4.66. The summed E-state index contributed by atoms with van der Waals surface area (Å²) in [4.78, 5) is 4.23. The van der Waals surface area contributed by atoms with Gasteiger partial charge in [-0.3, -0.25) is 4.90 Å². The van der Waals surface area contributed by atoms with Crippen LogP contribution in [0.15, 0.2) is 29.2 Å². The highest BCUT2D eigenvalue weighted by atomic mass is 32.2. The number of thioether (sulfide) groups is 1. The second kappa shape index (κ2) is 8.37. The van der Waals surface area contributed by atoms with E-state index in [9.17, 15) is 0 Å². The lowest BCUT2D eigenvalue weighted by Gasteiger charge is -2.34. The van der Waals surface area contributed by atoms with Crippen molar-refractivity contribution in [3.8, 4) is 0 Å². The van der Waals surface area contributed by atoms with Crippen molar-refractivity contribution in [3.05, 3.63) is 29.8 Å². The molecule has 1 heterocycles. The Bertz CT molecular complexity index is 451. The van der Waals surface area contributed by atoms with Crippen LogP contribution in [-0.4, -0.2) is 36.8 Å². The molecule has 0 amide bonds. The Kier molecular flexibility index (Phi) is 6.22. The molecule has 1 aliphatic carbocycles. The summed E-state index contributed by atoms with van der Waals surface area (Å²) in [5.41, 5.74) is 1.51. The zero-order chi connectivity index (χ0) is 15.2. The van der Waals surface area contributed by atoms with E-state index in [0.717, 1.165) is 18.5 Å². The molecule has 3 rings (SSSR count). The van der Waals surface area contributed by atoms with Gasteiger partial charge in [0.05, 0.1) is 0 Å². The predicted octanol–water partition coefficient (Wildman–Crippen LogP) is 4.15. The number of rotatable bonds is 6. The molecule has 1 saturated carbocycles. The Balaban J connectivity index is 1.69. The van der Waals surface area contributed by atoms with Crippen molar-refractivity contribution in [1.29, 1.82) is 0 Å². The van der Waals surface area contributed by atoms with Gasteiger partial charge in [-0.1, -0.05) is 37.5 Å². The van der Waals surface area contributed by atoms with E-state index in [1.807, 2.05) is 11.8 Å². The summed E-state index contributed by atoms with van der Waals surface area (Å²) < 4.78 is 0. The zero-order valence-corrected chi connectivity index (χ0v) is 14.7. The van der Waals surface area contributed by atoms with Gasteiger partial charge in [-0.2, -0.15) is 0 Å². The van der Waals surface area contributed by atoms with Gasteiger partial charge in [0.2, 0.25) is 0 Å². The average Bonchev–Trinajstić information content (AvgIpc) is 3.10. The molecule has 2 aliphatic rings. The van der Waals surface area contributed by atoms with Gasteiger partial charge >= 0.3 is 0 Å². The average molecular weight is 319 g/mol. The van der Waals surface area contributed by atoms with Gasteiger partial charge in [0.25, 0.3) is 0 Å². The van der Waals surface area contributed by atoms with Crippen LogP contribution in [0.1, 0.15) is 44.1 Å². The van der Waals surface area contributed by atoms with Crippen molar-refractivity contribution < 1.29 is 0 Å². The van der Waals surface area contributed by atoms with Crippen LogP contribution in [0.3, 0.4) is 0 Å². The molecule has 1 N–H and O–H groups in total. The summed E-state index contributed by atoms with van der Waals surface area (Å²) >= 11 is 1.88. The third kappa shape index (κ3) is 4.27. The Labute approximate surface area is 140 Å². The summed E-state index contributed by atoms with van der Waals surface area (Å²) in [7, 11) is 0. The lowest BCUT2D eigenvalue weighted by atomic mass is 9.88. The molecule has 1 aliphatic heterocycles. The molecule has 1 atom stereocenters. The van der Waals surface area contributed by atoms with Gasteiger partial charge in [0, 0.05) is 30.6 Å².